The summed E-state index contributed by atoms with van der Waals surface area (Å²) in [5.74, 6) is 1.48. The second kappa shape index (κ2) is 10.6. The summed E-state index contributed by atoms with van der Waals surface area (Å²) < 4.78 is 3.21. The lowest BCUT2D eigenvalue weighted by Gasteiger charge is -2.22. The summed E-state index contributed by atoms with van der Waals surface area (Å²) in [6, 6.07) is 6.24. The van der Waals surface area contributed by atoms with Crippen LogP contribution in [0.2, 0.25) is 5.02 Å². The quantitative estimate of drug-likeness (QED) is 0.409. The molecular weight excluding hydrogens is 428 g/mol. The molecule has 1 saturated carbocycles. The standard InChI is InChI=1S/C23H25ClN6S/c1-16-18(9-10-22(28-16)30-31-21-15-25-12-11-20(21)24)8-7-17-13-26-23(27-14-17)29-19-5-3-2-4-6-19/h7-15,19H,2-6H2,1H3,(H,28,30)(H,26,27,29)/b8-7+. The van der Waals surface area contributed by atoms with Crippen LogP contribution in [0.3, 0.4) is 0 Å². The van der Waals surface area contributed by atoms with Gasteiger partial charge in [-0.05, 0) is 55.5 Å². The van der Waals surface area contributed by atoms with Crippen molar-refractivity contribution in [3.63, 3.8) is 0 Å². The predicted octanol–water partition coefficient (Wildman–Crippen LogP) is 6.26. The molecule has 0 atom stereocenters. The molecule has 0 radical (unpaired) electrons. The second-order valence-corrected chi connectivity index (χ2v) is 8.79. The number of aromatic nitrogens is 4. The van der Waals surface area contributed by atoms with Gasteiger partial charge in [-0.25, -0.2) is 15.0 Å². The summed E-state index contributed by atoms with van der Waals surface area (Å²) in [7, 11) is 0. The predicted molar refractivity (Wildman–Crippen MR) is 129 cm³/mol. The Morgan fingerprint density at radius 3 is 2.58 bits per heavy atom. The first-order valence-corrected chi connectivity index (χ1v) is 11.6. The Balaban J connectivity index is 1.34. The van der Waals surface area contributed by atoms with Gasteiger partial charge in [0.1, 0.15) is 5.82 Å². The van der Waals surface area contributed by atoms with E-state index in [2.05, 4.69) is 30.0 Å². The van der Waals surface area contributed by atoms with Crippen molar-refractivity contribution in [3.05, 3.63) is 64.8 Å². The molecule has 0 aliphatic heterocycles. The minimum Gasteiger partial charge on any atom is -0.351 e. The third-order valence-corrected chi connectivity index (χ3v) is 6.49. The Morgan fingerprint density at radius 1 is 1.03 bits per heavy atom. The minimum absolute atomic E-state index is 0.503. The molecule has 0 aromatic carbocycles. The fraction of sp³-hybridized carbons (Fsp3) is 0.304. The van der Waals surface area contributed by atoms with E-state index in [4.69, 9.17) is 11.6 Å². The first-order chi connectivity index (χ1) is 15.2. The van der Waals surface area contributed by atoms with Crippen LogP contribution in [0.15, 0.2) is 47.9 Å². The minimum atomic E-state index is 0.503. The number of nitrogens with zero attached hydrogens (tertiary/aromatic N) is 4. The van der Waals surface area contributed by atoms with Crippen molar-refractivity contribution in [1.29, 1.82) is 0 Å². The SMILES string of the molecule is Cc1nc(NSc2cnccc2Cl)ccc1/C=C/c1cnc(NC2CCCCC2)nc1. The largest absolute Gasteiger partial charge is 0.351 e. The van der Waals surface area contributed by atoms with E-state index in [-0.39, 0.29) is 0 Å². The molecule has 0 unspecified atom stereocenters. The molecule has 2 N–H and O–H groups in total. The van der Waals surface area contributed by atoms with Crippen LogP contribution in [-0.4, -0.2) is 26.0 Å². The normalized spacial score (nSPS) is 14.6. The molecule has 6 nitrogen and oxygen atoms in total. The Kier molecular flexibility index (Phi) is 7.38. The maximum absolute atomic E-state index is 6.16. The van der Waals surface area contributed by atoms with Crippen molar-refractivity contribution >= 4 is 47.5 Å². The van der Waals surface area contributed by atoms with Crippen LogP contribution in [0.1, 0.15) is 48.9 Å². The van der Waals surface area contributed by atoms with Gasteiger partial charge < -0.3 is 10.0 Å². The van der Waals surface area contributed by atoms with Crippen LogP contribution >= 0.6 is 23.5 Å². The van der Waals surface area contributed by atoms with Crippen LogP contribution in [0, 0.1) is 6.92 Å². The van der Waals surface area contributed by atoms with Gasteiger partial charge in [0.25, 0.3) is 0 Å². The van der Waals surface area contributed by atoms with Crippen LogP contribution < -0.4 is 10.0 Å². The number of anilines is 2. The lowest BCUT2D eigenvalue weighted by molar-refractivity contribution is 0.461. The highest BCUT2D eigenvalue weighted by molar-refractivity contribution is 8.00. The maximum atomic E-state index is 6.16. The number of rotatable bonds is 7. The molecule has 4 rings (SSSR count). The average molecular weight is 453 g/mol. The third-order valence-electron chi connectivity index (χ3n) is 5.19. The Bertz CT molecular complexity index is 1030. The summed E-state index contributed by atoms with van der Waals surface area (Å²) in [4.78, 5) is 18.5. The molecule has 1 aliphatic rings. The lowest BCUT2D eigenvalue weighted by atomic mass is 9.96. The van der Waals surface area contributed by atoms with Gasteiger partial charge in [-0.1, -0.05) is 43.0 Å². The number of pyridine rings is 2. The highest BCUT2D eigenvalue weighted by Gasteiger charge is 2.13. The van der Waals surface area contributed by atoms with Gasteiger partial charge >= 0.3 is 0 Å². The topological polar surface area (TPSA) is 75.6 Å². The van der Waals surface area contributed by atoms with Crippen LogP contribution in [-0.2, 0) is 0 Å². The van der Waals surface area contributed by atoms with Gasteiger partial charge in [-0.3, -0.25) is 4.98 Å². The molecule has 1 fully saturated rings. The zero-order valence-electron chi connectivity index (χ0n) is 17.4. The molecule has 8 heteroatoms. The first kappa shape index (κ1) is 21.6. The van der Waals surface area contributed by atoms with E-state index in [1.54, 1.807) is 18.5 Å². The van der Waals surface area contributed by atoms with Gasteiger partial charge in [-0.15, -0.1) is 0 Å². The first-order valence-electron chi connectivity index (χ1n) is 10.4. The summed E-state index contributed by atoms with van der Waals surface area (Å²) in [5.41, 5.74) is 2.92. The number of aryl methyl sites for hydroxylation is 1. The van der Waals surface area contributed by atoms with E-state index >= 15 is 0 Å². The maximum Gasteiger partial charge on any atom is 0.222 e. The molecule has 0 saturated heterocycles. The average Bonchev–Trinajstić information content (AvgIpc) is 2.80. The van der Waals surface area contributed by atoms with Gasteiger partial charge in [0.15, 0.2) is 0 Å². The van der Waals surface area contributed by atoms with E-state index in [1.807, 2.05) is 43.6 Å². The molecule has 0 spiro atoms. The molecule has 3 aromatic rings. The van der Waals surface area contributed by atoms with Crippen LogP contribution in [0.5, 0.6) is 0 Å². The summed E-state index contributed by atoms with van der Waals surface area (Å²) >= 11 is 7.55. The fourth-order valence-electron chi connectivity index (χ4n) is 3.46. The Morgan fingerprint density at radius 2 is 1.84 bits per heavy atom. The molecule has 0 bridgehead atoms. The number of hydrogen-bond donors (Lipinski definition) is 2. The van der Waals surface area contributed by atoms with Gasteiger partial charge in [0.05, 0.1) is 9.92 Å². The zero-order valence-corrected chi connectivity index (χ0v) is 19.0. The monoisotopic (exact) mass is 452 g/mol. The van der Waals surface area contributed by atoms with Crippen molar-refractivity contribution in [3.8, 4) is 0 Å². The summed E-state index contributed by atoms with van der Waals surface area (Å²) in [6.45, 7) is 1.99. The summed E-state index contributed by atoms with van der Waals surface area (Å²) in [6.07, 6.45) is 17.5. The smallest absolute Gasteiger partial charge is 0.222 e. The zero-order chi connectivity index (χ0) is 21.5. The van der Waals surface area contributed by atoms with Gasteiger partial charge in [0, 0.05) is 42.1 Å². The van der Waals surface area contributed by atoms with Crippen molar-refractivity contribution in [2.24, 2.45) is 0 Å². The highest BCUT2D eigenvalue weighted by Crippen LogP contribution is 2.27. The molecular formula is C23H25ClN6S. The van der Waals surface area contributed by atoms with Crippen LogP contribution in [0.4, 0.5) is 11.8 Å². The van der Waals surface area contributed by atoms with Crippen LogP contribution in [0.25, 0.3) is 12.2 Å². The van der Waals surface area contributed by atoms with Crippen molar-refractivity contribution in [2.75, 3.05) is 10.0 Å². The fourth-order valence-corrected chi connectivity index (χ4v) is 4.29. The van der Waals surface area contributed by atoms with E-state index in [0.29, 0.717) is 17.0 Å². The van der Waals surface area contributed by atoms with E-state index in [0.717, 1.165) is 27.5 Å². The van der Waals surface area contributed by atoms with E-state index < -0.39 is 0 Å². The molecule has 160 valence electrons. The number of halogens is 1. The summed E-state index contributed by atoms with van der Waals surface area (Å²) in [5, 5.41) is 4.11. The van der Waals surface area contributed by atoms with E-state index in [1.165, 1.54) is 44.1 Å². The van der Waals surface area contributed by atoms with E-state index in [9.17, 15) is 0 Å². The second-order valence-electron chi connectivity index (χ2n) is 7.53. The molecule has 1 aliphatic carbocycles. The number of nitrogens with one attached hydrogen (secondary N) is 2. The van der Waals surface area contributed by atoms with Gasteiger partial charge in [-0.2, -0.15) is 0 Å². The molecule has 3 aromatic heterocycles. The third kappa shape index (κ3) is 6.18. The molecule has 3 heterocycles. The molecule has 31 heavy (non-hydrogen) atoms. The number of hydrogen-bond acceptors (Lipinski definition) is 7. The lowest BCUT2D eigenvalue weighted by Crippen LogP contribution is -2.23. The highest BCUT2D eigenvalue weighted by atomic mass is 35.5. The van der Waals surface area contributed by atoms with Crippen molar-refractivity contribution < 1.29 is 0 Å². The van der Waals surface area contributed by atoms with Gasteiger partial charge in [0.2, 0.25) is 5.95 Å². The Hall–Kier alpha value is -2.64. The molecule has 0 amide bonds. The van der Waals surface area contributed by atoms with Crippen molar-refractivity contribution in [2.45, 2.75) is 50.0 Å². The Labute approximate surface area is 192 Å². The van der Waals surface area contributed by atoms with Crippen molar-refractivity contribution in [1.82, 2.24) is 19.9 Å².